The molecule has 0 saturated carbocycles. The first-order valence-corrected chi connectivity index (χ1v) is 10.1. The van der Waals surface area contributed by atoms with E-state index in [4.69, 9.17) is 4.42 Å². The van der Waals surface area contributed by atoms with Crippen LogP contribution in [0.4, 0.5) is 0 Å². The summed E-state index contributed by atoms with van der Waals surface area (Å²) in [5.74, 6) is 1.29. The molecule has 2 aliphatic heterocycles. The minimum atomic E-state index is -0.230. The van der Waals surface area contributed by atoms with E-state index in [1.54, 1.807) is 6.20 Å². The topological polar surface area (TPSA) is 49.6 Å². The third-order valence-corrected chi connectivity index (χ3v) is 6.21. The SMILES string of the molecule is O=C1N(Cc2cccnc2)CCCC12CCN(Cc1cc3ccccc3o1)C2. The fourth-order valence-corrected chi connectivity index (χ4v) is 4.82. The van der Waals surface area contributed by atoms with Crippen LogP contribution in [0.1, 0.15) is 30.6 Å². The van der Waals surface area contributed by atoms with E-state index in [9.17, 15) is 4.79 Å². The van der Waals surface area contributed by atoms with Crippen LogP contribution in [-0.2, 0) is 17.9 Å². The summed E-state index contributed by atoms with van der Waals surface area (Å²) in [6.07, 6.45) is 6.64. The van der Waals surface area contributed by atoms with Gasteiger partial charge in [0, 0.05) is 37.4 Å². The van der Waals surface area contributed by atoms with Gasteiger partial charge in [-0.05, 0) is 49.6 Å². The first kappa shape index (κ1) is 17.4. The van der Waals surface area contributed by atoms with Crippen LogP contribution in [-0.4, -0.2) is 40.3 Å². The Kier molecular flexibility index (Phi) is 4.40. The van der Waals surface area contributed by atoms with Crippen LogP contribution in [0.2, 0.25) is 0 Å². The molecule has 1 aromatic carbocycles. The van der Waals surface area contributed by atoms with Gasteiger partial charge in [-0.1, -0.05) is 24.3 Å². The average molecular weight is 375 g/mol. The fraction of sp³-hybridized carbons (Fsp3) is 0.391. The molecule has 1 amide bonds. The maximum atomic E-state index is 13.3. The monoisotopic (exact) mass is 375 g/mol. The Balaban J connectivity index is 1.28. The van der Waals surface area contributed by atoms with Crippen LogP contribution in [0.25, 0.3) is 11.0 Å². The summed E-state index contributed by atoms with van der Waals surface area (Å²) in [5.41, 5.74) is 1.81. The number of benzene rings is 1. The van der Waals surface area contributed by atoms with Crippen molar-refractivity contribution in [3.8, 4) is 0 Å². The van der Waals surface area contributed by atoms with Crippen LogP contribution in [0.3, 0.4) is 0 Å². The number of pyridine rings is 1. The zero-order valence-corrected chi connectivity index (χ0v) is 16.0. The zero-order valence-electron chi connectivity index (χ0n) is 16.0. The number of rotatable bonds is 4. The first-order valence-electron chi connectivity index (χ1n) is 10.1. The quantitative estimate of drug-likeness (QED) is 0.695. The number of hydrogen-bond acceptors (Lipinski definition) is 4. The summed E-state index contributed by atoms with van der Waals surface area (Å²) in [6, 6.07) is 14.2. The molecule has 2 aliphatic rings. The maximum absolute atomic E-state index is 13.3. The third kappa shape index (κ3) is 3.20. The lowest BCUT2D eigenvalue weighted by molar-refractivity contribution is -0.146. The van der Waals surface area contributed by atoms with Crippen LogP contribution in [0.15, 0.2) is 59.3 Å². The lowest BCUT2D eigenvalue weighted by atomic mass is 9.78. The number of carbonyl (C=O) groups is 1. The van der Waals surface area contributed by atoms with Crippen molar-refractivity contribution in [2.45, 2.75) is 32.4 Å². The van der Waals surface area contributed by atoms with Crippen LogP contribution in [0, 0.1) is 5.41 Å². The van der Waals surface area contributed by atoms with E-state index < -0.39 is 0 Å². The number of hydrogen-bond donors (Lipinski definition) is 0. The predicted octanol–water partition coefficient (Wildman–Crippen LogP) is 3.84. The first-order chi connectivity index (χ1) is 13.7. The van der Waals surface area contributed by atoms with Crippen LogP contribution < -0.4 is 0 Å². The van der Waals surface area contributed by atoms with Gasteiger partial charge in [0.15, 0.2) is 0 Å². The maximum Gasteiger partial charge on any atom is 0.230 e. The van der Waals surface area contributed by atoms with Gasteiger partial charge in [-0.2, -0.15) is 0 Å². The number of carbonyl (C=O) groups excluding carboxylic acids is 1. The van der Waals surface area contributed by atoms with Crippen molar-refractivity contribution in [1.82, 2.24) is 14.8 Å². The number of aromatic nitrogens is 1. The number of likely N-dealkylation sites (tertiary alicyclic amines) is 2. The second-order valence-electron chi connectivity index (χ2n) is 8.18. The summed E-state index contributed by atoms with van der Waals surface area (Å²) in [7, 11) is 0. The van der Waals surface area contributed by atoms with E-state index in [1.807, 2.05) is 41.4 Å². The van der Waals surface area contributed by atoms with Gasteiger partial charge < -0.3 is 9.32 Å². The number of para-hydroxylation sites is 1. The molecule has 144 valence electrons. The molecule has 2 aromatic heterocycles. The fourth-order valence-electron chi connectivity index (χ4n) is 4.82. The molecule has 5 rings (SSSR count). The van der Waals surface area contributed by atoms with Gasteiger partial charge in [-0.3, -0.25) is 14.7 Å². The highest BCUT2D eigenvalue weighted by molar-refractivity contribution is 5.84. The van der Waals surface area contributed by atoms with Crippen molar-refractivity contribution in [1.29, 1.82) is 0 Å². The zero-order chi connectivity index (χ0) is 19.0. The van der Waals surface area contributed by atoms with Crippen molar-refractivity contribution in [2.75, 3.05) is 19.6 Å². The van der Waals surface area contributed by atoms with E-state index in [2.05, 4.69) is 22.0 Å². The Hall–Kier alpha value is -2.66. The summed E-state index contributed by atoms with van der Waals surface area (Å²) < 4.78 is 5.99. The minimum absolute atomic E-state index is 0.230. The van der Waals surface area contributed by atoms with Gasteiger partial charge in [0.2, 0.25) is 5.91 Å². The number of fused-ring (bicyclic) bond motifs is 1. The van der Waals surface area contributed by atoms with Crippen molar-refractivity contribution in [3.05, 3.63) is 66.2 Å². The Labute approximate surface area is 165 Å². The van der Waals surface area contributed by atoms with Crippen molar-refractivity contribution in [3.63, 3.8) is 0 Å². The molecule has 5 nitrogen and oxygen atoms in total. The predicted molar refractivity (Wildman–Crippen MR) is 107 cm³/mol. The lowest BCUT2D eigenvalue weighted by Gasteiger charge is -2.39. The molecule has 3 aromatic rings. The highest BCUT2D eigenvalue weighted by Crippen LogP contribution is 2.41. The molecule has 28 heavy (non-hydrogen) atoms. The van der Waals surface area contributed by atoms with Gasteiger partial charge in [-0.15, -0.1) is 0 Å². The van der Waals surface area contributed by atoms with Crippen molar-refractivity contribution >= 4 is 16.9 Å². The molecule has 0 aliphatic carbocycles. The van der Waals surface area contributed by atoms with E-state index >= 15 is 0 Å². The second kappa shape index (κ2) is 7.06. The van der Waals surface area contributed by atoms with Crippen LogP contribution in [0.5, 0.6) is 0 Å². The van der Waals surface area contributed by atoms with Crippen molar-refractivity contribution in [2.24, 2.45) is 5.41 Å². The molecular weight excluding hydrogens is 350 g/mol. The molecule has 0 bridgehead atoms. The highest BCUT2D eigenvalue weighted by atomic mass is 16.3. The standard InChI is InChI=1S/C23H25N3O2/c27-22-23(8-4-11-26(22)15-18-5-3-10-24-14-18)9-12-25(17-23)16-20-13-19-6-1-2-7-21(19)28-20/h1-3,5-7,10,13-14H,4,8-9,11-12,15-17H2. The third-order valence-electron chi connectivity index (χ3n) is 6.21. The smallest absolute Gasteiger partial charge is 0.230 e. The van der Waals surface area contributed by atoms with E-state index in [0.29, 0.717) is 12.5 Å². The molecular formula is C23H25N3O2. The Morgan fingerprint density at radius 2 is 2.00 bits per heavy atom. The molecule has 1 atom stereocenters. The van der Waals surface area contributed by atoms with E-state index in [1.165, 1.54) is 0 Å². The lowest BCUT2D eigenvalue weighted by Crippen LogP contribution is -2.49. The molecule has 2 saturated heterocycles. The Bertz CT molecular complexity index is 951. The second-order valence-corrected chi connectivity index (χ2v) is 8.18. The van der Waals surface area contributed by atoms with E-state index in [-0.39, 0.29) is 5.41 Å². The van der Waals surface area contributed by atoms with Gasteiger partial charge in [0.25, 0.3) is 0 Å². The van der Waals surface area contributed by atoms with Gasteiger partial charge >= 0.3 is 0 Å². The molecule has 4 heterocycles. The number of furan rings is 1. The normalized spacial score (nSPS) is 23.1. The number of nitrogens with zero attached hydrogens (tertiary/aromatic N) is 3. The molecule has 2 fully saturated rings. The molecule has 0 N–H and O–H groups in total. The molecule has 1 spiro atoms. The minimum Gasteiger partial charge on any atom is -0.460 e. The molecule has 0 radical (unpaired) electrons. The van der Waals surface area contributed by atoms with Gasteiger partial charge in [0.1, 0.15) is 11.3 Å². The molecule has 5 heteroatoms. The molecule has 1 unspecified atom stereocenters. The van der Waals surface area contributed by atoms with E-state index in [0.717, 1.165) is 67.7 Å². The largest absolute Gasteiger partial charge is 0.460 e. The Morgan fingerprint density at radius 3 is 2.86 bits per heavy atom. The van der Waals surface area contributed by atoms with Crippen LogP contribution >= 0.6 is 0 Å². The van der Waals surface area contributed by atoms with Gasteiger partial charge in [-0.25, -0.2) is 0 Å². The summed E-state index contributed by atoms with van der Waals surface area (Å²) in [5, 5.41) is 1.14. The summed E-state index contributed by atoms with van der Waals surface area (Å²) in [4.78, 5) is 21.9. The highest BCUT2D eigenvalue weighted by Gasteiger charge is 2.48. The summed E-state index contributed by atoms with van der Waals surface area (Å²) >= 11 is 0. The van der Waals surface area contributed by atoms with Crippen molar-refractivity contribution < 1.29 is 9.21 Å². The average Bonchev–Trinajstić information content (AvgIpc) is 3.31. The number of amides is 1. The number of piperidine rings is 1. The van der Waals surface area contributed by atoms with Gasteiger partial charge in [0.05, 0.1) is 12.0 Å². The Morgan fingerprint density at radius 1 is 1.07 bits per heavy atom. The summed E-state index contributed by atoms with van der Waals surface area (Å²) in [6.45, 7) is 4.05.